The summed E-state index contributed by atoms with van der Waals surface area (Å²) in [6.07, 6.45) is -14.3. The summed E-state index contributed by atoms with van der Waals surface area (Å²) in [5.41, 5.74) is 0. The van der Waals surface area contributed by atoms with Gasteiger partial charge < -0.3 is 9.29 Å². The van der Waals surface area contributed by atoms with Gasteiger partial charge in [0.2, 0.25) is 16.7 Å². The third kappa shape index (κ3) is 14.3. The molecule has 1 unspecified atom stereocenters. The van der Waals surface area contributed by atoms with Gasteiger partial charge in [-0.25, -0.2) is 25.2 Å². The molecule has 1 aliphatic heterocycles. The van der Waals surface area contributed by atoms with E-state index in [1.54, 1.807) is 0 Å². The van der Waals surface area contributed by atoms with Gasteiger partial charge in [0.25, 0.3) is 0 Å². The number of hydrogen-bond acceptors (Lipinski definition) is 17. The Morgan fingerprint density at radius 2 is 1.00 bits per heavy atom. The number of ether oxygens (including phenoxy) is 1. The van der Waals surface area contributed by atoms with E-state index < -0.39 is 89.3 Å². The molecule has 1 aliphatic rings. The molecule has 4 N–H and O–H groups in total. The summed E-state index contributed by atoms with van der Waals surface area (Å²) in [4.78, 5) is 0. The summed E-state index contributed by atoms with van der Waals surface area (Å²) in [6.45, 7) is -1.68. The first-order valence-electron chi connectivity index (χ1n) is 6.84. The predicted octanol–water partition coefficient (Wildman–Crippen LogP) is -7.42. The van der Waals surface area contributed by atoms with Crippen molar-refractivity contribution in [2.24, 2.45) is 0 Å². The van der Waals surface area contributed by atoms with Gasteiger partial charge in [0.05, 0.1) is 6.61 Å². The normalized spacial score (nSPS) is 27.6. The monoisotopic (exact) mass is 618 g/mol. The van der Waals surface area contributed by atoms with Crippen molar-refractivity contribution in [1.29, 1.82) is 0 Å². The smallest absolute Gasteiger partial charge is 0.726 e. The maximum Gasteiger partial charge on any atom is 1.00 e. The Morgan fingerprint density at radius 3 is 1.36 bits per heavy atom. The molecule has 0 aromatic carbocycles. The maximum atomic E-state index is 11.1. The molecule has 0 saturated carbocycles. The van der Waals surface area contributed by atoms with Crippen LogP contribution in [0.2, 0.25) is 0 Å². The van der Waals surface area contributed by atoms with E-state index in [-0.39, 0.29) is 51.4 Å². The zero-order chi connectivity index (χ0) is 25.3. The van der Waals surface area contributed by atoms with E-state index in [2.05, 4.69) is 25.7 Å². The van der Waals surface area contributed by atoms with Crippen molar-refractivity contribution in [3.63, 3.8) is 0 Å². The minimum absolute atomic E-state index is 0. The minimum Gasteiger partial charge on any atom is -0.726 e. The number of hydrogen-bond donors (Lipinski definition) is 4. The van der Waals surface area contributed by atoms with Gasteiger partial charge in [-0.1, -0.05) is 0 Å². The van der Waals surface area contributed by atoms with Crippen molar-refractivity contribution in [3.05, 3.63) is 0 Å². The molecule has 0 bridgehead atoms. The fraction of sp³-hybridized carbons (Fsp3) is 1.00. The van der Waals surface area contributed by atoms with Crippen LogP contribution in [0.1, 0.15) is 0 Å². The molecule has 0 amide bonds. The second-order valence-corrected chi connectivity index (χ2v) is 10.5. The molecule has 0 spiro atoms. The van der Waals surface area contributed by atoms with E-state index in [1.165, 1.54) is 0 Å². The fourth-order valence-corrected chi connectivity index (χ4v) is 4.30. The molecule has 1 rings (SSSR count). The zero-order valence-electron chi connectivity index (χ0n) is 15.4. The molecule has 5 atom stereocenters. The van der Waals surface area contributed by atoms with E-state index in [1.807, 2.05) is 0 Å². The van der Waals surface area contributed by atoms with Crippen LogP contribution < -0.4 is 51.4 Å². The van der Waals surface area contributed by atoms with E-state index in [0.717, 1.165) is 0 Å². The first kappa shape index (κ1) is 33.9. The van der Waals surface area contributed by atoms with Crippen LogP contribution in [-0.4, -0.2) is 102 Å². The molecular formula is C6H11KO21S5. The molecule has 21 nitrogen and oxygen atoms in total. The molecular weight excluding hydrogens is 607 g/mol. The topological polar surface area (TPSA) is 330 Å². The quantitative estimate of drug-likeness (QED) is 0.0948. The van der Waals surface area contributed by atoms with Crippen LogP contribution in [-0.2, 0) is 77.6 Å². The Labute approximate surface area is 228 Å². The van der Waals surface area contributed by atoms with E-state index >= 15 is 0 Å². The molecule has 33 heavy (non-hydrogen) atoms. The predicted molar refractivity (Wildman–Crippen MR) is 86.2 cm³/mol. The van der Waals surface area contributed by atoms with E-state index in [4.69, 9.17) is 18.2 Å². The van der Waals surface area contributed by atoms with Gasteiger partial charge in [0.15, 0.2) is 6.10 Å². The van der Waals surface area contributed by atoms with Crippen molar-refractivity contribution in [2.45, 2.75) is 30.7 Å². The van der Waals surface area contributed by atoms with E-state index in [9.17, 15) is 46.6 Å². The van der Waals surface area contributed by atoms with Crippen molar-refractivity contribution in [3.8, 4) is 0 Å². The van der Waals surface area contributed by atoms with Crippen LogP contribution in [0.15, 0.2) is 0 Å². The molecule has 0 aromatic heterocycles. The summed E-state index contributed by atoms with van der Waals surface area (Å²) in [6, 6.07) is 0. The SMILES string of the molecule is O=S(=O)([O-])OC[C@H]1OC(OS(=O)(=O)O)[C@H](OS(=O)(=O)O)[C@@H](OS(=O)(=O)O)[C@@H]1OS(=O)(=O)O.[K+]. The molecule has 0 radical (unpaired) electrons. The van der Waals surface area contributed by atoms with Gasteiger partial charge in [0.1, 0.15) is 18.3 Å². The van der Waals surface area contributed by atoms with Crippen LogP contribution in [0.3, 0.4) is 0 Å². The van der Waals surface area contributed by atoms with Crippen LogP contribution in [0.5, 0.6) is 0 Å². The van der Waals surface area contributed by atoms with Gasteiger partial charge in [-0.2, -0.15) is 33.7 Å². The van der Waals surface area contributed by atoms with Crippen LogP contribution in [0.4, 0.5) is 0 Å². The average molecular weight is 619 g/mol. The van der Waals surface area contributed by atoms with Crippen LogP contribution in [0.25, 0.3) is 0 Å². The standard InChI is InChI=1S/C6H12O21S5.K/c7-28(8,9)22-1-2-3(24-29(10,11)12)4(25-30(13,14)15)5(26-31(16,17)18)6(23-2)27-32(19,20)21;/h2-6H,1H2,(H,7,8,9)(H,10,11,12)(H,13,14,15)(H,16,17,18)(H,19,20,21);/q;+1/p-1/t2-,3-,4+,5-,6?;/m1./s1. The summed E-state index contributed by atoms with van der Waals surface area (Å²) in [5, 5.41) is 0. The van der Waals surface area contributed by atoms with Crippen LogP contribution in [0, 0.1) is 0 Å². The summed E-state index contributed by atoms with van der Waals surface area (Å²) in [5.74, 6) is 0. The molecule has 192 valence electrons. The second kappa shape index (κ2) is 12.0. The van der Waals surface area contributed by atoms with Gasteiger partial charge in [0, 0.05) is 0 Å². The second-order valence-electron chi connectivity index (χ2n) is 5.23. The van der Waals surface area contributed by atoms with Crippen molar-refractivity contribution < 1.29 is 142 Å². The first-order valence-corrected chi connectivity index (χ1v) is 13.6. The van der Waals surface area contributed by atoms with Gasteiger partial charge in [-0.15, -0.1) is 0 Å². The average Bonchev–Trinajstić information content (AvgIpc) is 2.45. The summed E-state index contributed by atoms with van der Waals surface area (Å²) < 4.78 is 179. The molecule has 1 fully saturated rings. The molecule has 27 heteroatoms. The van der Waals surface area contributed by atoms with Crippen molar-refractivity contribution in [1.82, 2.24) is 0 Å². The summed E-state index contributed by atoms with van der Waals surface area (Å²) in [7, 11) is -28.6. The molecule has 0 aliphatic carbocycles. The summed E-state index contributed by atoms with van der Waals surface area (Å²) >= 11 is 0. The Bertz CT molecular complexity index is 1200. The van der Waals surface area contributed by atoms with Crippen LogP contribution >= 0.6 is 0 Å². The maximum absolute atomic E-state index is 11.1. The Hall–Kier alpha value is 0.946. The largest absolute Gasteiger partial charge is 1.00 e. The van der Waals surface area contributed by atoms with E-state index in [0.29, 0.717) is 0 Å². The van der Waals surface area contributed by atoms with Gasteiger partial charge in [-0.05, 0) is 0 Å². The van der Waals surface area contributed by atoms with Crippen molar-refractivity contribution in [2.75, 3.05) is 6.61 Å². The minimum atomic E-state index is -5.79. The zero-order valence-corrected chi connectivity index (χ0v) is 22.6. The van der Waals surface area contributed by atoms with Gasteiger partial charge in [-0.3, -0.25) is 22.4 Å². The van der Waals surface area contributed by atoms with Gasteiger partial charge >= 0.3 is 93.0 Å². The first-order chi connectivity index (χ1) is 14.0. The number of rotatable bonds is 11. The third-order valence-electron chi connectivity index (χ3n) is 2.88. The Morgan fingerprint density at radius 1 is 0.636 bits per heavy atom. The van der Waals surface area contributed by atoms with Crippen molar-refractivity contribution >= 4 is 52.0 Å². The molecule has 1 saturated heterocycles. The molecule has 0 aromatic rings. The third-order valence-corrected chi connectivity index (χ3v) is 5.14. The Kier molecular flexibility index (Phi) is 12.3. The fourth-order valence-electron chi connectivity index (χ4n) is 2.11. The molecule has 1 heterocycles. The Balaban J connectivity index is 0.0000102.